The fourth-order valence-corrected chi connectivity index (χ4v) is 7.65. The van der Waals surface area contributed by atoms with Gasteiger partial charge in [0.1, 0.15) is 6.04 Å². The summed E-state index contributed by atoms with van der Waals surface area (Å²) in [4.78, 5) is 97.8. The molecule has 10 heteroatoms. The topological polar surface area (TPSA) is 151 Å². The second kappa shape index (κ2) is 15.0. The molecule has 0 bridgehead atoms. The maximum atomic E-state index is 14.5. The van der Waals surface area contributed by atoms with E-state index in [9.17, 15) is 33.6 Å². The number of amides is 2. The van der Waals surface area contributed by atoms with E-state index in [1.165, 1.54) is 18.2 Å². The van der Waals surface area contributed by atoms with Crippen molar-refractivity contribution in [3.05, 3.63) is 34.2 Å². The van der Waals surface area contributed by atoms with E-state index in [1.54, 1.807) is 4.90 Å². The van der Waals surface area contributed by atoms with Crippen molar-refractivity contribution in [3.63, 3.8) is 0 Å². The predicted molar refractivity (Wildman–Crippen MR) is 182 cm³/mol. The molecule has 2 saturated carbocycles. The molecule has 3 fully saturated rings. The highest BCUT2D eigenvalue weighted by molar-refractivity contribution is 6.38. The first-order chi connectivity index (χ1) is 22.4. The van der Waals surface area contributed by atoms with Crippen molar-refractivity contribution in [2.45, 2.75) is 125 Å². The lowest BCUT2D eigenvalue weighted by Gasteiger charge is -2.38. The Morgan fingerprint density at radius 3 is 2.21 bits per heavy atom. The molecule has 2 N–H and O–H groups in total. The second-order valence-corrected chi connectivity index (χ2v) is 16.7. The third-order valence-corrected chi connectivity index (χ3v) is 10.6. The largest absolute Gasteiger partial charge is 0.344 e. The van der Waals surface area contributed by atoms with Crippen LogP contribution in [0.15, 0.2) is 23.0 Å². The molecule has 0 aromatic carbocycles. The van der Waals surface area contributed by atoms with E-state index in [-0.39, 0.29) is 66.0 Å². The summed E-state index contributed by atoms with van der Waals surface area (Å²) in [5.41, 5.74) is -1.68. The molecular weight excluding hydrogens is 610 g/mol. The van der Waals surface area contributed by atoms with E-state index in [0.29, 0.717) is 19.4 Å². The molecule has 1 aliphatic heterocycles. The van der Waals surface area contributed by atoms with Gasteiger partial charge in [-0.05, 0) is 66.8 Å². The second-order valence-electron chi connectivity index (χ2n) is 16.7. The molecule has 0 spiro atoms. The number of ketones is 4. The third kappa shape index (κ3) is 8.97. The average molecular weight is 666 g/mol. The number of H-pyrrole nitrogens is 1. The van der Waals surface area contributed by atoms with Crippen LogP contribution in [0.5, 0.6) is 0 Å². The van der Waals surface area contributed by atoms with E-state index < -0.39 is 52.0 Å². The van der Waals surface area contributed by atoms with Crippen molar-refractivity contribution in [2.75, 3.05) is 6.54 Å². The molecule has 10 nitrogen and oxygen atoms in total. The van der Waals surface area contributed by atoms with Gasteiger partial charge in [-0.25, -0.2) is 0 Å². The zero-order valence-electron chi connectivity index (χ0n) is 29.9. The molecule has 0 radical (unpaired) electrons. The first kappa shape index (κ1) is 37.4. The molecule has 1 aromatic rings. The summed E-state index contributed by atoms with van der Waals surface area (Å²) in [6, 6.07) is 2.61. The molecule has 2 unspecified atom stereocenters. The fraction of sp³-hybridized carbons (Fsp3) is 0.711. The van der Waals surface area contributed by atoms with Crippen molar-refractivity contribution in [1.82, 2.24) is 15.2 Å². The SMILES string of the molecule is CCC[C@@H](CC(=O)[C@@H]1C2CCCC2CN1C(=O)[C@@H](NC(=O)[C@H](CC(=O)c1cccc(=O)[nH]1)C(C)(C)C)C(C)(C)C)C(=O)C(=O)CC1CC1. The van der Waals surface area contributed by atoms with Gasteiger partial charge in [0.2, 0.25) is 23.2 Å². The summed E-state index contributed by atoms with van der Waals surface area (Å²) in [7, 11) is 0. The fourth-order valence-electron chi connectivity index (χ4n) is 7.65. The molecule has 1 saturated heterocycles. The number of aromatic amines is 1. The Labute approximate surface area is 284 Å². The Kier molecular flexibility index (Phi) is 11.7. The molecular formula is C38H55N3O7. The number of hydrogen-bond acceptors (Lipinski definition) is 7. The summed E-state index contributed by atoms with van der Waals surface area (Å²) in [5.74, 6) is -3.29. The van der Waals surface area contributed by atoms with E-state index in [1.807, 2.05) is 48.5 Å². The normalized spacial score (nSPS) is 22.8. The maximum Gasteiger partial charge on any atom is 0.248 e. The zero-order chi connectivity index (χ0) is 35.6. The summed E-state index contributed by atoms with van der Waals surface area (Å²) in [6.07, 6.45) is 5.73. The van der Waals surface area contributed by atoms with Gasteiger partial charge in [0.05, 0.1) is 17.7 Å². The van der Waals surface area contributed by atoms with Crippen molar-refractivity contribution in [1.29, 1.82) is 0 Å². The number of aromatic nitrogens is 1. The van der Waals surface area contributed by atoms with Gasteiger partial charge in [-0.1, -0.05) is 67.4 Å². The third-order valence-electron chi connectivity index (χ3n) is 10.6. The van der Waals surface area contributed by atoms with Gasteiger partial charge in [0.25, 0.3) is 0 Å². The van der Waals surface area contributed by atoms with Gasteiger partial charge in [-0.15, -0.1) is 0 Å². The number of carbonyl (C=O) groups is 6. The first-order valence-corrected chi connectivity index (χ1v) is 17.9. The van der Waals surface area contributed by atoms with Crippen LogP contribution in [0.25, 0.3) is 0 Å². The lowest BCUT2D eigenvalue weighted by molar-refractivity contribution is -0.146. The zero-order valence-corrected chi connectivity index (χ0v) is 29.9. The number of pyridine rings is 1. The van der Waals surface area contributed by atoms with Crippen molar-refractivity contribution < 1.29 is 28.8 Å². The van der Waals surface area contributed by atoms with E-state index in [0.717, 1.165) is 32.1 Å². The van der Waals surface area contributed by atoms with Crippen LogP contribution < -0.4 is 10.9 Å². The molecule has 48 heavy (non-hydrogen) atoms. The Bertz CT molecular complexity index is 1460. The maximum absolute atomic E-state index is 14.5. The number of hydrogen-bond donors (Lipinski definition) is 2. The van der Waals surface area contributed by atoms with Crippen LogP contribution in [-0.4, -0.2) is 63.5 Å². The molecule has 2 amide bonds. The van der Waals surface area contributed by atoms with Crippen molar-refractivity contribution in [2.24, 2.45) is 40.4 Å². The highest BCUT2D eigenvalue weighted by Gasteiger charge is 2.52. The quantitative estimate of drug-likeness (QED) is 0.196. The molecule has 1 aromatic heterocycles. The van der Waals surface area contributed by atoms with E-state index in [2.05, 4.69) is 10.3 Å². The summed E-state index contributed by atoms with van der Waals surface area (Å²) < 4.78 is 0. The smallest absolute Gasteiger partial charge is 0.248 e. The van der Waals surface area contributed by atoms with Crippen molar-refractivity contribution in [3.8, 4) is 0 Å². The number of Topliss-reactive ketones (excluding diaryl/α,β-unsaturated/α-hetero) is 4. The van der Waals surface area contributed by atoms with Crippen LogP contribution in [0.2, 0.25) is 0 Å². The van der Waals surface area contributed by atoms with Crippen LogP contribution in [0.3, 0.4) is 0 Å². The number of rotatable bonds is 15. The van der Waals surface area contributed by atoms with E-state index in [4.69, 9.17) is 0 Å². The van der Waals surface area contributed by atoms with Gasteiger partial charge in [0, 0.05) is 37.8 Å². The minimum absolute atomic E-state index is 0.0229. The number of nitrogens with one attached hydrogen (secondary N) is 2. The summed E-state index contributed by atoms with van der Waals surface area (Å²) in [5, 5.41) is 2.99. The van der Waals surface area contributed by atoms with Crippen LogP contribution in [0, 0.1) is 40.4 Å². The van der Waals surface area contributed by atoms with Gasteiger partial charge in [0.15, 0.2) is 17.3 Å². The van der Waals surface area contributed by atoms with Gasteiger partial charge in [-0.3, -0.25) is 33.6 Å². The Balaban J connectivity index is 1.56. The molecule has 4 rings (SSSR count). The minimum Gasteiger partial charge on any atom is -0.344 e. The molecule has 2 heterocycles. The minimum atomic E-state index is -0.983. The number of carbonyl (C=O) groups excluding carboxylic acids is 6. The molecule has 6 atom stereocenters. The molecule has 264 valence electrons. The first-order valence-electron chi connectivity index (χ1n) is 17.9. The van der Waals surface area contributed by atoms with Crippen LogP contribution in [0.1, 0.15) is 123 Å². The molecule has 3 aliphatic rings. The summed E-state index contributed by atoms with van der Waals surface area (Å²) >= 11 is 0. The number of fused-ring (bicyclic) bond motifs is 1. The highest BCUT2D eigenvalue weighted by Crippen LogP contribution is 2.44. The summed E-state index contributed by atoms with van der Waals surface area (Å²) in [6.45, 7) is 13.5. The Hall–Kier alpha value is -3.43. The van der Waals surface area contributed by atoms with E-state index >= 15 is 0 Å². The van der Waals surface area contributed by atoms with Crippen molar-refractivity contribution >= 4 is 34.9 Å². The van der Waals surface area contributed by atoms with Gasteiger partial charge < -0.3 is 15.2 Å². The highest BCUT2D eigenvalue weighted by atomic mass is 16.2. The lowest BCUT2D eigenvalue weighted by atomic mass is 9.76. The van der Waals surface area contributed by atoms with Crippen LogP contribution in [-0.2, 0) is 24.0 Å². The van der Waals surface area contributed by atoms with Crippen LogP contribution in [0.4, 0.5) is 0 Å². The lowest BCUT2D eigenvalue weighted by Crippen LogP contribution is -2.59. The predicted octanol–water partition coefficient (Wildman–Crippen LogP) is 5.08. The Morgan fingerprint density at radius 2 is 1.62 bits per heavy atom. The number of likely N-dealkylation sites (tertiary alicyclic amines) is 1. The molecule has 2 aliphatic carbocycles. The average Bonchev–Trinajstić information content (AvgIpc) is 3.56. The van der Waals surface area contributed by atoms with Gasteiger partial charge in [-0.2, -0.15) is 0 Å². The van der Waals surface area contributed by atoms with Crippen LogP contribution >= 0.6 is 0 Å². The standard InChI is InChI=1S/C38H55N3O7/c1-8-11-23(33(46)30(44)18-22-16-17-22)19-29(43)32-25-13-9-12-24(25)21-41(32)36(48)34(38(5,6)7)40-35(47)26(37(2,3)4)20-28(42)27-14-10-15-31(45)39-27/h10,14-15,22-26,32,34H,8-9,11-13,16-21H2,1-7H3,(H,39,45)(H,40,47)/t23-,24?,25?,26-,32-,34+/m0/s1. The number of nitrogens with zero attached hydrogens (tertiary/aromatic N) is 1. The monoisotopic (exact) mass is 665 g/mol. The Morgan fingerprint density at radius 1 is 0.938 bits per heavy atom. The van der Waals surface area contributed by atoms with Gasteiger partial charge >= 0.3 is 0 Å².